The number of rotatable bonds is 2. The fourth-order valence-electron chi connectivity index (χ4n) is 1.19. The van der Waals surface area contributed by atoms with Crippen LogP contribution in [0.5, 0.6) is 0 Å². The van der Waals surface area contributed by atoms with Gasteiger partial charge in [0.1, 0.15) is 0 Å². The van der Waals surface area contributed by atoms with Crippen LogP contribution in [0.3, 0.4) is 0 Å². The second-order valence-corrected chi connectivity index (χ2v) is 2.94. The lowest BCUT2D eigenvalue weighted by molar-refractivity contribution is 0.101. The maximum atomic E-state index is 12.8. The van der Waals surface area contributed by atoms with Crippen LogP contribution in [0.2, 0.25) is 0 Å². The first-order valence-corrected chi connectivity index (χ1v) is 4.22. The Morgan fingerprint density at radius 2 is 1.93 bits per heavy atom. The van der Waals surface area contributed by atoms with Gasteiger partial charge in [-0.2, -0.15) is 0 Å². The molecule has 0 N–H and O–H groups in total. The van der Waals surface area contributed by atoms with Gasteiger partial charge in [-0.3, -0.25) is 4.79 Å². The average molecular weight is 208 g/mol. The Hall–Kier alpha value is -1.97. The Kier molecular flexibility index (Phi) is 2.33. The molecule has 0 aliphatic rings. The van der Waals surface area contributed by atoms with Gasteiger partial charge in [0.25, 0.3) is 0 Å². The third-order valence-corrected chi connectivity index (χ3v) is 1.93. The molecule has 0 fully saturated rings. The molecule has 2 nitrogen and oxygen atoms in total. The molecule has 4 heteroatoms. The van der Waals surface area contributed by atoms with Gasteiger partial charge < -0.3 is 4.42 Å². The van der Waals surface area contributed by atoms with E-state index in [4.69, 9.17) is 4.42 Å². The largest absolute Gasteiger partial charge is 0.461 e. The van der Waals surface area contributed by atoms with Crippen LogP contribution < -0.4 is 0 Å². The zero-order chi connectivity index (χ0) is 10.8. The highest BCUT2D eigenvalue weighted by atomic mass is 19.2. The molecule has 76 valence electrons. The van der Waals surface area contributed by atoms with Crippen LogP contribution >= 0.6 is 0 Å². The number of hydrogen-bond acceptors (Lipinski definition) is 2. The first-order valence-electron chi connectivity index (χ1n) is 4.22. The number of carbonyl (C=O) groups is 1. The van der Waals surface area contributed by atoms with Gasteiger partial charge in [-0.25, -0.2) is 8.78 Å². The van der Waals surface area contributed by atoms with Crippen LogP contribution in [-0.2, 0) is 0 Å². The van der Waals surface area contributed by atoms with Crippen molar-refractivity contribution >= 4 is 5.78 Å². The van der Waals surface area contributed by atoms with Gasteiger partial charge in [-0.05, 0) is 30.3 Å². The number of carbonyl (C=O) groups excluding carboxylic acids is 1. The van der Waals surface area contributed by atoms with Gasteiger partial charge in [0, 0.05) is 5.56 Å². The molecule has 0 bridgehead atoms. The van der Waals surface area contributed by atoms with E-state index in [1.165, 1.54) is 18.4 Å². The first kappa shape index (κ1) is 9.58. The van der Waals surface area contributed by atoms with Crippen molar-refractivity contribution in [3.63, 3.8) is 0 Å². The summed E-state index contributed by atoms with van der Waals surface area (Å²) in [6.07, 6.45) is 1.34. The number of halogens is 2. The van der Waals surface area contributed by atoms with Crippen molar-refractivity contribution in [2.75, 3.05) is 0 Å². The summed E-state index contributed by atoms with van der Waals surface area (Å²) in [6.45, 7) is 0. The van der Waals surface area contributed by atoms with Crippen LogP contribution in [0.25, 0.3) is 0 Å². The van der Waals surface area contributed by atoms with Crippen molar-refractivity contribution < 1.29 is 18.0 Å². The third-order valence-electron chi connectivity index (χ3n) is 1.93. The fraction of sp³-hybridized carbons (Fsp3) is 0. The monoisotopic (exact) mass is 208 g/mol. The molecule has 0 saturated heterocycles. The van der Waals surface area contributed by atoms with Crippen LogP contribution in [0, 0.1) is 11.6 Å². The molecule has 15 heavy (non-hydrogen) atoms. The van der Waals surface area contributed by atoms with E-state index in [0.29, 0.717) is 0 Å². The third kappa shape index (κ3) is 1.79. The average Bonchev–Trinajstić information content (AvgIpc) is 2.74. The second kappa shape index (κ2) is 3.65. The van der Waals surface area contributed by atoms with E-state index in [0.717, 1.165) is 12.1 Å². The van der Waals surface area contributed by atoms with Gasteiger partial charge in [-0.15, -0.1) is 0 Å². The van der Waals surface area contributed by atoms with Crippen molar-refractivity contribution in [1.29, 1.82) is 0 Å². The standard InChI is InChI=1S/C11H6F2O2/c12-8-4-3-7(6-9(8)13)11(14)10-2-1-5-15-10/h1-6H. The normalized spacial score (nSPS) is 10.3. The Bertz CT molecular complexity index is 489. The first-order chi connectivity index (χ1) is 7.18. The van der Waals surface area contributed by atoms with Crippen molar-refractivity contribution in [1.82, 2.24) is 0 Å². The van der Waals surface area contributed by atoms with Gasteiger partial charge >= 0.3 is 0 Å². The second-order valence-electron chi connectivity index (χ2n) is 2.94. The van der Waals surface area contributed by atoms with Crippen LogP contribution in [0.1, 0.15) is 16.1 Å². The Morgan fingerprint density at radius 3 is 2.53 bits per heavy atom. The minimum atomic E-state index is -1.05. The maximum absolute atomic E-state index is 12.8. The van der Waals surface area contributed by atoms with Crippen molar-refractivity contribution in [3.8, 4) is 0 Å². The molecule has 1 heterocycles. The van der Waals surface area contributed by atoms with E-state index in [9.17, 15) is 13.6 Å². The van der Waals surface area contributed by atoms with E-state index < -0.39 is 17.4 Å². The number of furan rings is 1. The summed E-state index contributed by atoms with van der Waals surface area (Å²) in [5.41, 5.74) is 0.0591. The van der Waals surface area contributed by atoms with Gasteiger partial charge in [0.15, 0.2) is 17.4 Å². The van der Waals surface area contributed by atoms with E-state index in [1.807, 2.05) is 0 Å². The predicted molar refractivity (Wildman–Crippen MR) is 48.5 cm³/mol. The van der Waals surface area contributed by atoms with Gasteiger partial charge in [0.05, 0.1) is 6.26 Å². The van der Waals surface area contributed by atoms with E-state index in [-0.39, 0.29) is 11.3 Å². The van der Waals surface area contributed by atoms with Gasteiger partial charge in [-0.1, -0.05) is 0 Å². The quantitative estimate of drug-likeness (QED) is 0.710. The molecule has 0 saturated carbocycles. The summed E-state index contributed by atoms with van der Waals surface area (Å²) in [7, 11) is 0. The molecule has 0 atom stereocenters. The lowest BCUT2D eigenvalue weighted by atomic mass is 10.1. The lowest BCUT2D eigenvalue weighted by Crippen LogP contribution is -2.00. The topological polar surface area (TPSA) is 30.2 Å². The highest BCUT2D eigenvalue weighted by Crippen LogP contribution is 2.13. The smallest absolute Gasteiger partial charge is 0.228 e. The molecule has 0 spiro atoms. The summed E-state index contributed by atoms with van der Waals surface area (Å²) in [5, 5.41) is 0. The van der Waals surface area contributed by atoms with Gasteiger partial charge in [0.2, 0.25) is 5.78 Å². The molecule has 2 aromatic rings. The Labute approximate surface area is 84.1 Å². The molecule has 0 aliphatic heterocycles. The molecule has 2 rings (SSSR count). The highest BCUT2D eigenvalue weighted by molar-refractivity contribution is 6.07. The van der Waals surface area contributed by atoms with E-state index >= 15 is 0 Å². The van der Waals surface area contributed by atoms with Crippen molar-refractivity contribution in [3.05, 3.63) is 59.6 Å². The van der Waals surface area contributed by atoms with Crippen molar-refractivity contribution in [2.24, 2.45) is 0 Å². The summed E-state index contributed by atoms with van der Waals surface area (Å²) in [5.74, 6) is -2.40. The molecule has 0 aliphatic carbocycles. The molecule has 0 unspecified atom stereocenters. The number of benzene rings is 1. The minimum absolute atomic E-state index is 0.0591. The summed E-state index contributed by atoms with van der Waals surface area (Å²) < 4.78 is 30.3. The van der Waals surface area contributed by atoms with Crippen molar-refractivity contribution in [2.45, 2.75) is 0 Å². The molecule has 0 radical (unpaired) electrons. The molecule has 1 aromatic carbocycles. The maximum Gasteiger partial charge on any atom is 0.228 e. The summed E-state index contributed by atoms with van der Waals surface area (Å²) >= 11 is 0. The minimum Gasteiger partial charge on any atom is -0.461 e. The summed E-state index contributed by atoms with van der Waals surface area (Å²) in [6, 6.07) is 5.98. The predicted octanol–water partition coefficient (Wildman–Crippen LogP) is 2.79. The SMILES string of the molecule is O=C(c1ccc(F)c(F)c1)c1ccco1. The van der Waals surface area contributed by atoms with Crippen LogP contribution in [0.15, 0.2) is 41.0 Å². The number of hydrogen-bond donors (Lipinski definition) is 0. The number of ketones is 1. The van der Waals surface area contributed by atoms with Crippen LogP contribution in [0.4, 0.5) is 8.78 Å². The zero-order valence-electron chi connectivity index (χ0n) is 7.54. The molecular weight excluding hydrogens is 202 g/mol. The summed E-state index contributed by atoms with van der Waals surface area (Å²) in [4.78, 5) is 11.6. The van der Waals surface area contributed by atoms with E-state index in [1.54, 1.807) is 6.07 Å². The highest BCUT2D eigenvalue weighted by Gasteiger charge is 2.13. The van der Waals surface area contributed by atoms with Crippen LogP contribution in [-0.4, -0.2) is 5.78 Å². The Balaban J connectivity index is 2.39. The fourth-order valence-corrected chi connectivity index (χ4v) is 1.19. The molecular formula is C11H6F2O2. The van der Waals surface area contributed by atoms with E-state index in [2.05, 4.69) is 0 Å². The molecule has 1 aromatic heterocycles. The Morgan fingerprint density at radius 1 is 1.13 bits per heavy atom. The lowest BCUT2D eigenvalue weighted by Gasteiger charge is -1.98. The molecule has 0 amide bonds. The zero-order valence-corrected chi connectivity index (χ0v) is 7.54.